The fourth-order valence-corrected chi connectivity index (χ4v) is 9.53. The van der Waals surface area contributed by atoms with E-state index in [-0.39, 0.29) is 24.2 Å². The van der Waals surface area contributed by atoms with Gasteiger partial charge in [-0.3, -0.25) is 0 Å². The molecule has 0 saturated heterocycles. The summed E-state index contributed by atoms with van der Waals surface area (Å²) in [5.41, 5.74) is -2.07. The Morgan fingerprint density at radius 1 is 0.844 bits per heavy atom. The predicted octanol–water partition coefficient (Wildman–Crippen LogP) is 8.40. The molecule has 0 bridgehead atoms. The summed E-state index contributed by atoms with van der Waals surface area (Å²) in [4.78, 5) is 0. The summed E-state index contributed by atoms with van der Waals surface area (Å²) >= 11 is 0. The first kappa shape index (κ1) is 24.9. The van der Waals surface area contributed by atoms with Crippen LogP contribution in [0.5, 0.6) is 0 Å². The second kappa shape index (κ2) is 8.45. The van der Waals surface area contributed by atoms with E-state index in [0.29, 0.717) is 23.7 Å². The van der Waals surface area contributed by atoms with Crippen molar-refractivity contribution in [2.24, 2.45) is 52.3 Å². The Hall–Kier alpha value is -0.250. The van der Waals surface area contributed by atoms with E-state index in [1.54, 1.807) is 0 Å². The van der Waals surface area contributed by atoms with Gasteiger partial charge in [-0.25, -0.2) is 0 Å². The molecule has 0 aromatic rings. The van der Waals surface area contributed by atoms with Gasteiger partial charge in [0.05, 0.1) is 0 Å². The summed E-state index contributed by atoms with van der Waals surface area (Å²) in [6, 6.07) is 0. The first-order valence-electron chi connectivity index (χ1n) is 13.6. The molecule has 32 heavy (non-hydrogen) atoms. The molecule has 0 aromatic heterocycles. The van der Waals surface area contributed by atoms with E-state index in [0.717, 1.165) is 36.5 Å². The molecule has 0 aliphatic heterocycles. The van der Waals surface area contributed by atoms with Crippen LogP contribution in [0.3, 0.4) is 0 Å². The van der Waals surface area contributed by atoms with Crippen molar-refractivity contribution in [1.29, 1.82) is 0 Å². The number of hydrogen-bond acceptors (Lipinski definition) is 1. The Kier molecular flexibility index (Phi) is 6.57. The van der Waals surface area contributed by atoms with Crippen LogP contribution in [0.25, 0.3) is 0 Å². The van der Waals surface area contributed by atoms with Crippen LogP contribution >= 0.6 is 0 Å². The molecule has 9 atom stereocenters. The summed E-state index contributed by atoms with van der Waals surface area (Å²) in [5, 5.41) is 10.4. The van der Waals surface area contributed by atoms with Crippen LogP contribution in [0.4, 0.5) is 13.2 Å². The number of alkyl halides is 3. The Labute approximate surface area is 194 Å². The molecule has 1 unspecified atom stereocenters. The first-order valence-corrected chi connectivity index (χ1v) is 13.6. The first-order chi connectivity index (χ1) is 14.8. The molecule has 1 N–H and O–H groups in total. The van der Waals surface area contributed by atoms with E-state index < -0.39 is 11.8 Å². The van der Waals surface area contributed by atoms with Crippen molar-refractivity contribution >= 4 is 0 Å². The van der Waals surface area contributed by atoms with Gasteiger partial charge in [0, 0.05) is 0 Å². The zero-order valence-corrected chi connectivity index (χ0v) is 21.1. The van der Waals surface area contributed by atoms with Crippen molar-refractivity contribution in [2.45, 2.75) is 123 Å². The second-order valence-corrected chi connectivity index (χ2v) is 13.4. The third-order valence-electron chi connectivity index (χ3n) is 11.5. The maximum absolute atomic E-state index is 13.6. The van der Waals surface area contributed by atoms with Crippen LogP contribution in [0.15, 0.2) is 0 Å². The van der Waals surface area contributed by atoms with Gasteiger partial charge in [0.25, 0.3) is 0 Å². The van der Waals surface area contributed by atoms with E-state index in [1.807, 2.05) is 0 Å². The second-order valence-electron chi connectivity index (χ2n) is 13.4. The minimum absolute atomic E-state index is 0.0145. The minimum atomic E-state index is -4.50. The molecule has 186 valence electrons. The van der Waals surface area contributed by atoms with Crippen LogP contribution in [0, 0.1) is 52.3 Å². The maximum Gasteiger partial charge on any atom is 0.417 e. The molecule has 4 fully saturated rings. The summed E-state index contributed by atoms with van der Waals surface area (Å²) in [6.07, 6.45) is 6.92. The lowest BCUT2D eigenvalue weighted by Crippen LogP contribution is -2.59. The normalized spacial score (nSPS) is 47.6. The van der Waals surface area contributed by atoms with Crippen LogP contribution in [0.1, 0.15) is 112 Å². The Bertz CT molecular complexity index is 674. The van der Waals surface area contributed by atoms with Gasteiger partial charge in [0.15, 0.2) is 5.60 Å². The number of halogens is 3. The molecule has 4 rings (SSSR count). The Morgan fingerprint density at radius 2 is 1.53 bits per heavy atom. The van der Waals surface area contributed by atoms with Crippen molar-refractivity contribution in [1.82, 2.24) is 0 Å². The highest BCUT2D eigenvalue weighted by Gasteiger charge is 2.65. The average Bonchev–Trinajstić information content (AvgIpc) is 3.04. The number of rotatable bonds is 5. The molecular weight excluding hydrogens is 409 g/mol. The van der Waals surface area contributed by atoms with Gasteiger partial charge in [0.1, 0.15) is 0 Å². The highest BCUT2D eigenvalue weighted by molar-refractivity contribution is 5.11. The van der Waals surface area contributed by atoms with E-state index in [2.05, 4.69) is 34.6 Å². The minimum Gasteiger partial charge on any atom is -0.380 e. The van der Waals surface area contributed by atoms with Crippen LogP contribution in [-0.4, -0.2) is 16.9 Å². The maximum atomic E-state index is 13.6. The monoisotopic (exact) mass is 456 g/mol. The van der Waals surface area contributed by atoms with Gasteiger partial charge in [-0.05, 0) is 110 Å². The van der Waals surface area contributed by atoms with Gasteiger partial charge >= 0.3 is 6.18 Å². The number of aliphatic hydroxyl groups is 1. The van der Waals surface area contributed by atoms with Crippen molar-refractivity contribution < 1.29 is 18.3 Å². The highest BCUT2D eigenvalue weighted by atomic mass is 19.4. The van der Waals surface area contributed by atoms with Crippen LogP contribution in [0.2, 0.25) is 0 Å². The van der Waals surface area contributed by atoms with Crippen molar-refractivity contribution in [2.75, 3.05) is 0 Å². The van der Waals surface area contributed by atoms with Gasteiger partial charge < -0.3 is 5.11 Å². The zero-order valence-electron chi connectivity index (χ0n) is 21.1. The average molecular weight is 457 g/mol. The topological polar surface area (TPSA) is 20.2 Å². The van der Waals surface area contributed by atoms with E-state index in [4.69, 9.17) is 0 Å². The highest BCUT2D eigenvalue weighted by Crippen LogP contribution is 2.69. The third-order valence-corrected chi connectivity index (χ3v) is 11.5. The lowest BCUT2D eigenvalue weighted by Gasteiger charge is -2.62. The predicted molar refractivity (Wildman–Crippen MR) is 124 cm³/mol. The molecule has 0 amide bonds. The zero-order chi connectivity index (χ0) is 23.5. The molecule has 4 aliphatic rings. The van der Waals surface area contributed by atoms with Gasteiger partial charge in [-0.1, -0.05) is 53.9 Å². The standard InChI is InChI=1S/C28H47F3O/c1-18(2)7-6-8-19(3)22-11-12-23-21-10-9-20-17-27(32,28(29,30)31)16-15-25(20,4)24(21)13-14-26(22,23)5/h18-24,32H,6-17H2,1-5H3/t19-,20?,21+,22-,23+,24+,25+,26-,27+/m1/s1. The molecule has 1 nitrogen and oxygen atoms in total. The molecule has 4 saturated carbocycles. The Morgan fingerprint density at radius 3 is 2.19 bits per heavy atom. The quantitative estimate of drug-likeness (QED) is 0.440. The fraction of sp³-hybridized carbons (Fsp3) is 1.00. The summed E-state index contributed by atoms with van der Waals surface area (Å²) in [5.74, 6) is 4.37. The van der Waals surface area contributed by atoms with E-state index in [9.17, 15) is 18.3 Å². The number of fused-ring (bicyclic) bond motifs is 5. The molecule has 4 heteroatoms. The van der Waals surface area contributed by atoms with Gasteiger partial charge in [0.2, 0.25) is 0 Å². The number of hydrogen-bond donors (Lipinski definition) is 1. The molecule has 0 heterocycles. The van der Waals surface area contributed by atoms with Crippen molar-refractivity contribution in [3.63, 3.8) is 0 Å². The van der Waals surface area contributed by atoms with Gasteiger partial charge in [-0.2, -0.15) is 13.2 Å². The van der Waals surface area contributed by atoms with Crippen LogP contribution < -0.4 is 0 Å². The fourth-order valence-electron chi connectivity index (χ4n) is 9.53. The van der Waals surface area contributed by atoms with Gasteiger partial charge in [-0.15, -0.1) is 0 Å². The molecular formula is C28H47F3O. The largest absolute Gasteiger partial charge is 0.417 e. The van der Waals surface area contributed by atoms with Crippen LogP contribution in [-0.2, 0) is 0 Å². The lowest BCUT2D eigenvalue weighted by molar-refractivity contribution is -0.290. The third kappa shape index (κ3) is 3.97. The summed E-state index contributed by atoms with van der Waals surface area (Å²) in [7, 11) is 0. The van der Waals surface area contributed by atoms with Crippen molar-refractivity contribution in [3.8, 4) is 0 Å². The molecule has 4 aliphatic carbocycles. The lowest BCUT2D eigenvalue weighted by atomic mass is 9.43. The molecule has 0 spiro atoms. The molecule has 0 aromatic carbocycles. The van der Waals surface area contributed by atoms with E-state index >= 15 is 0 Å². The smallest absolute Gasteiger partial charge is 0.380 e. The Balaban J connectivity index is 1.47. The SMILES string of the molecule is CC(C)CCC[C@@H](C)[C@H]1CC[C@H]2[C@@H]3CCC4C[C@](O)(C(F)(F)F)CC[C@]4(C)[C@H]3CC[C@]12C. The van der Waals surface area contributed by atoms with Crippen molar-refractivity contribution in [3.05, 3.63) is 0 Å². The molecule has 0 radical (unpaired) electrons. The summed E-state index contributed by atoms with van der Waals surface area (Å²) in [6.45, 7) is 12.0. The summed E-state index contributed by atoms with van der Waals surface area (Å²) < 4.78 is 40.7. The van der Waals surface area contributed by atoms with E-state index in [1.165, 1.54) is 44.9 Å².